The van der Waals surface area contributed by atoms with Crippen LogP contribution in [0.5, 0.6) is 0 Å². The number of hydrogen-bond acceptors (Lipinski definition) is 5. The summed E-state index contributed by atoms with van der Waals surface area (Å²) in [6.07, 6.45) is 0.892. The molecule has 2 aliphatic heterocycles. The summed E-state index contributed by atoms with van der Waals surface area (Å²) in [4.78, 5) is 9.49. The van der Waals surface area contributed by atoms with Crippen molar-refractivity contribution in [1.82, 2.24) is 9.80 Å². The van der Waals surface area contributed by atoms with E-state index in [0.717, 1.165) is 45.7 Å². The second-order valence-electron chi connectivity index (χ2n) is 5.37. The number of hydrogen-bond donors (Lipinski definition) is 1. The molecular formula is C12H23N3OS. The molecule has 0 aliphatic carbocycles. The van der Waals surface area contributed by atoms with Gasteiger partial charge in [-0.2, -0.15) is 0 Å². The third kappa shape index (κ3) is 3.60. The van der Waals surface area contributed by atoms with Gasteiger partial charge in [-0.3, -0.25) is 9.89 Å². The smallest absolute Gasteiger partial charge is 0.159 e. The average molecular weight is 257 g/mol. The Labute approximate surface area is 108 Å². The minimum absolute atomic E-state index is 0.281. The van der Waals surface area contributed by atoms with E-state index < -0.39 is 0 Å². The summed E-state index contributed by atoms with van der Waals surface area (Å²) in [6, 6.07) is 0. The molecule has 0 spiro atoms. The summed E-state index contributed by atoms with van der Waals surface area (Å²) in [5.74, 6) is 0. The quantitative estimate of drug-likeness (QED) is 0.814. The second kappa shape index (κ2) is 5.59. The number of aliphatic imine (C=N–C) groups is 1. The van der Waals surface area contributed by atoms with E-state index in [9.17, 15) is 0 Å². The van der Waals surface area contributed by atoms with Crippen LogP contribution in [-0.4, -0.2) is 70.7 Å². The van der Waals surface area contributed by atoms with Crippen LogP contribution in [0.4, 0.5) is 0 Å². The van der Waals surface area contributed by atoms with Crippen molar-refractivity contribution in [3.05, 3.63) is 0 Å². The van der Waals surface area contributed by atoms with E-state index in [1.165, 1.54) is 5.17 Å². The zero-order chi connectivity index (χ0) is 12.3. The highest BCUT2D eigenvalue weighted by Crippen LogP contribution is 2.33. The first-order valence-electron chi connectivity index (χ1n) is 6.42. The predicted molar refractivity (Wildman–Crippen MR) is 73.7 cm³/mol. The van der Waals surface area contributed by atoms with Gasteiger partial charge in [0.25, 0.3) is 0 Å². The van der Waals surface area contributed by atoms with E-state index in [4.69, 9.17) is 5.11 Å². The van der Waals surface area contributed by atoms with Crippen molar-refractivity contribution in [2.24, 2.45) is 4.99 Å². The fourth-order valence-electron chi connectivity index (χ4n) is 2.19. The summed E-state index contributed by atoms with van der Waals surface area (Å²) in [6.45, 7) is 11.1. The van der Waals surface area contributed by atoms with E-state index in [1.54, 1.807) is 0 Å². The van der Waals surface area contributed by atoms with E-state index in [0.29, 0.717) is 6.61 Å². The van der Waals surface area contributed by atoms with Gasteiger partial charge in [0, 0.05) is 44.1 Å². The highest BCUT2D eigenvalue weighted by molar-refractivity contribution is 8.15. The molecule has 0 atom stereocenters. The monoisotopic (exact) mass is 257 g/mol. The number of nitrogens with zero attached hydrogens (tertiary/aromatic N) is 3. The van der Waals surface area contributed by atoms with Gasteiger partial charge in [0.05, 0.1) is 6.54 Å². The van der Waals surface area contributed by atoms with Gasteiger partial charge in [-0.15, -0.1) is 0 Å². The van der Waals surface area contributed by atoms with Crippen LogP contribution in [0.15, 0.2) is 4.99 Å². The number of piperazine rings is 1. The van der Waals surface area contributed by atoms with Crippen LogP contribution in [0.3, 0.4) is 0 Å². The third-order valence-corrected chi connectivity index (χ3v) is 4.49. The molecule has 1 N–H and O–H groups in total. The maximum absolute atomic E-state index is 8.82. The molecule has 4 nitrogen and oxygen atoms in total. The maximum atomic E-state index is 8.82. The molecule has 17 heavy (non-hydrogen) atoms. The molecule has 1 saturated heterocycles. The van der Waals surface area contributed by atoms with Gasteiger partial charge in [-0.1, -0.05) is 11.8 Å². The first-order valence-corrected chi connectivity index (χ1v) is 7.24. The van der Waals surface area contributed by atoms with E-state index >= 15 is 0 Å². The second-order valence-corrected chi connectivity index (χ2v) is 7.04. The van der Waals surface area contributed by atoms with Gasteiger partial charge in [0.1, 0.15) is 0 Å². The number of aliphatic hydroxyl groups is 1. The SMILES string of the molecule is CC1(C)CN=C(N2CCN(CCCO)CC2)S1. The molecule has 1 fully saturated rings. The highest BCUT2D eigenvalue weighted by atomic mass is 32.2. The third-order valence-electron chi connectivity index (χ3n) is 3.24. The fourth-order valence-corrected chi connectivity index (χ4v) is 3.26. The van der Waals surface area contributed by atoms with Crippen LogP contribution in [-0.2, 0) is 0 Å². The lowest BCUT2D eigenvalue weighted by Crippen LogP contribution is -2.48. The Morgan fingerprint density at radius 2 is 2.00 bits per heavy atom. The lowest BCUT2D eigenvalue weighted by atomic mass is 10.2. The van der Waals surface area contributed by atoms with Gasteiger partial charge in [0.15, 0.2) is 5.17 Å². The van der Waals surface area contributed by atoms with Crippen molar-refractivity contribution in [3.8, 4) is 0 Å². The molecule has 0 aromatic heterocycles. The lowest BCUT2D eigenvalue weighted by Gasteiger charge is -2.35. The molecule has 2 aliphatic rings. The normalized spacial score (nSPS) is 25.1. The van der Waals surface area contributed by atoms with Crippen LogP contribution in [0.2, 0.25) is 0 Å². The molecule has 0 aromatic carbocycles. The van der Waals surface area contributed by atoms with E-state index in [-0.39, 0.29) is 4.75 Å². The van der Waals surface area contributed by atoms with Gasteiger partial charge in [-0.05, 0) is 20.3 Å². The molecule has 0 unspecified atom stereocenters. The first kappa shape index (κ1) is 13.2. The zero-order valence-corrected chi connectivity index (χ0v) is 11.7. The van der Waals surface area contributed by atoms with E-state index in [1.807, 2.05) is 11.8 Å². The standard InChI is InChI=1S/C12H23N3OS/c1-12(2)10-13-11(17-12)15-7-5-14(6-8-15)4-3-9-16/h16H,3-10H2,1-2H3. The average Bonchev–Trinajstić information content (AvgIpc) is 2.68. The molecule has 0 aromatic rings. The minimum Gasteiger partial charge on any atom is -0.396 e. The minimum atomic E-state index is 0.281. The fraction of sp³-hybridized carbons (Fsp3) is 0.917. The van der Waals surface area contributed by atoms with Crippen LogP contribution < -0.4 is 0 Å². The molecule has 2 rings (SSSR count). The summed E-state index contributed by atoms with van der Waals surface area (Å²) in [5, 5.41) is 10.1. The highest BCUT2D eigenvalue weighted by Gasteiger charge is 2.31. The van der Waals surface area contributed by atoms with Crippen molar-refractivity contribution in [1.29, 1.82) is 0 Å². The molecule has 0 radical (unpaired) electrons. The van der Waals surface area contributed by atoms with Gasteiger partial charge < -0.3 is 10.0 Å². The van der Waals surface area contributed by atoms with E-state index in [2.05, 4.69) is 28.6 Å². The predicted octanol–water partition coefficient (Wildman–Crippen LogP) is 0.868. The molecule has 98 valence electrons. The van der Waals surface area contributed by atoms with Crippen LogP contribution in [0.25, 0.3) is 0 Å². The summed E-state index contributed by atoms with van der Waals surface area (Å²) < 4.78 is 0.281. The Hall–Kier alpha value is -0.260. The summed E-state index contributed by atoms with van der Waals surface area (Å²) in [7, 11) is 0. The van der Waals surface area contributed by atoms with Crippen LogP contribution in [0, 0.1) is 0 Å². The van der Waals surface area contributed by atoms with Crippen LogP contribution >= 0.6 is 11.8 Å². The Bertz CT molecular complexity index is 285. The summed E-state index contributed by atoms with van der Waals surface area (Å²) in [5.41, 5.74) is 0. The first-order chi connectivity index (χ1) is 8.11. The van der Waals surface area contributed by atoms with Gasteiger partial charge in [0.2, 0.25) is 0 Å². The largest absolute Gasteiger partial charge is 0.396 e. The van der Waals surface area contributed by atoms with Crippen molar-refractivity contribution in [3.63, 3.8) is 0 Å². The molecule has 2 heterocycles. The number of amidine groups is 1. The lowest BCUT2D eigenvalue weighted by molar-refractivity contribution is 0.167. The number of aliphatic hydroxyl groups excluding tert-OH is 1. The Morgan fingerprint density at radius 3 is 2.53 bits per heavy atom. The van der Waals surface area contributed by atoms with Gasteiger partial charge in [-0.25, -0.2) is 0 Å². The molecule has 0 amide bonds. The molecule has 0 saturated carbocycles. The number of rotatable bonds is 3. The van der Waals surface area contributed by atoms with Crippen molar-refractivity contribution < 1.29 is 5.11 Å². The van der Waals surface area contributed by atoms with Crippen LogP contribution in [0.1, 0.15) is 20.3 Å². The summed E-state index contributed by atoms with van der Waals surface area (Å²) >= 11 is 1.91. The van der Waals surface area contributed by atoms with Gasteiger partial charge >= 0.3 is 0 Å². The Morgan fingerprint density at radius 1 is 1.29 bits per heavy atom. The molecule has 5 heteroatoms. The topological polar surface area (TPSA) is 39.1 Å². The number of thioether (sulfide) groups is 1. The Kier molecular flexibility index (Phi) is 4.33. The maximum Gasteiger partial charge on any atom is 0.159 e. The Balaban J connectivity index is 1.76. The molecule has 0 bridgehead atoms. The molecular weight excluding hydrogens is 234 g/mol. The van der Waals surface area contributed by atoms with Crippen molar-refractivity contribution in [2.75, 3.05) is 45.9 Å². The zero-order valence-electron chi connectivity index (χ0n) is 10.9. The van der Waals surface area contributed by atoms with Crippen molar-refractivity contribution in [2.45, 2.75) is 25.0 Å². The van der Waals surface area contributed by atoms with Crippen molar-refractivity contribution >= 4 is 16.9 Å².